The number of hydrogen-bond acceptors (Lipinski definition) is 1. The fourth-order valence-electron chi connectivity index (χ4n) is 5.27. The summed E-state index contributed by atoms with van der Waals surface area (Å²) in [6.45, 7) is 2.28. The van der Waals surface area contributed by atoms with Crippen molar-refractivity contribution in [3.63, 3.8) is 0 Å². The first-order valence-electron chi connectivity index (χ1n) is 11.7. The van der Waals surface area contributed by atoms with E-state index < -0.39 is 5.82 Å². The second-order valence-corrected chi connectivity index (χ2v) is 9.16. The molecule has 0 bridgehead atoms. The molecule has 2 heteroatoms. The number of halogens is 1. The van der Waals surface area contributed by atoms with Crippen LogP contribution < -0.4 is 0 Å². The molecule has 0 aliphatic heterocycles. The van der Waals surface area contributed by atoms with Gasteiger partial charge in [0, 0.05) is 0 Å². The van der Waals surface area contributed by atoms with Gasteiger partial charge in [0.2, 0.25) is 0 Å². The van der Waals surface area contributed by atoms with Gasteiger partial charge in [-0.05, 0) is 90.3 Å². The lowest BCUT2D eigenvalue weighted by molar-refractivity contribution is 0.303. The smallest absolute Gasteiger partial charge is 0.141 e. The lowest BCUT2D eigenvalue weighted by Crippen LogP contribution is -2.13. The van der Waals surface area contributed by atoms with E-state index in [9.17, 15) is 4.39 Å². The third-order valence-corrected chi connectivity index (χ3v) is 7.17. The van der Waals surface area contributed by atoms with E-state index in [1.165, 1.54) is 68.1 Å². The Morgan fingerprint density at radius 3 is 2.47 bits per heavy atom. The summed E-state index contributed by atoms with van der Waals surface area (Å²) in [5.41, 5.74) is 6.21. The number of nitriles is 1. The van der Waals surface area contributed by atoms with Crippen LogP contribution in [0.3, 0.4) is 0 Å². The van der Waals surface area contributed by atoms with Crippen LogP contribution >= 0.6 is 0 Å². The molecule has 156 valence electrons. The van der Waals surface area contributed by atoms with E-state index in [1.54, 1.807) is 12.1 Å². The van der Waals surface area contributed by atoms with Crippen LogP contribution in [0.2, 0.25) is 0 Å². The summed E-state index contributed by atoms with van der Waals surface area (Å²) in [5, 5.41) is 9.04. The fraction of sp³-hybridized carbons (Fsp3) is 0.464. The zero-order chi connectivity index (χ0) is 20.9. The van der Waals surface area contributed by atoms with Crippen LogP contribution in [0.4, 0.5) is 4.39 Å². The maximum absolute atomic E-state index is 14.0. The second-order valence-electron chi connectivity index (χ2n) is 9.16. The Balaban J connectivity index is 1.38. The summed E-state index contributed by atoms with van der Waals surface area (Å²) in [7, 11) is 0. The number of rotatable bonds is 6. The van der Waals surface area contributed by atoms with Gasteiger partial charge in [0.25, 0.3) is 0 Å². The van der Waals surface area contributed by atoms with E-state index in [0.29, 0.717) is 5.92 Å². The summed E-state index contributed by atoms with van der Waals surface area (Å²) in [6.07, 6.45) is 14.7. The molecule has 0 unspecified atom stereocenters. The molecule has 0 saturated heterocycles. The summed E-state index contributed by atoms with van der Waals surface area (Å²) in [4.78, 5) is 0. The Labute approximate surface area is 180 Å². The van der Waals surface area contributed by atoms with Crippen LogP contribution in [0.15, 0.2) is 42.5 Å². The number of allylic oxidation sites excluding steroid dienone is 2. The van der Waals surface area contributed by atoms with Crippen molar-refractivity contribution in [1.82, 2.24) is 0 Å². The zero-order valence-electron chi connectivity index (χ0n) is 18.1. The highest BCUT2D eigenvalue weighted by atomic mass is 19.1. The summed E-state index contributed by atoms with van der Waals surface area (Å²) >= 11 is 0. The van der Waals surface area contributed by atoms with E-state index in [0.717, 1.165) is 29.9 Å². The molecule has 0 heterocycles. The molecule has 0 radical (unpaired) electrons. The van der Waals surface area contributed by atoms with E-state index in [-0.39, 0.29) is 5.56 Å². The highest BCUT2D eigenvalue weighted by molar-refractivity contribution is 5.71. The number of unbranched alkanes of at least 4 members (excludes halogenated alkanes) is 2. The number of hydrogen-bond donors (Lipinski definition) is 0. The van der Waals surface area contributed by atoms with Gasteiger partial charge in [-0.25, -0.2) is 4.39 Å². The normalized spacial score (nSPS) is 20.9. The Morgan fingerprint density at radius 2 is 1.77 bits per heavy atom. The quantitative estimate of drug-likeness (QED) is 0.454. The molecule has 2 aromatic rings. The molecule has 0 aromatic heterocycles. The van der Waals surface area contributed by atoms with E-state index in [2.05, 4.69) is 37.3 Å². The first kappa shape index (κ1) is 20.9. The van der Waals surface area contributed by atoms with Gasteiger partial charge in [-0.2, -0.15) is 5.26 Å². The van der Waals surface area contributed by atoms with Gasteiger partial charge >= 0.3 is 0 Å². The topological polar surface area (TPSA) is 23.8 Å². The van der Waals surface area contributed by atoms with Crippen LogP contribution in [0, 0.1) is 23.1 Å². The zero-order valence-corrected chi connectivity index (χ0v) is 18.1. The minimum atomic E-state index is -0.404. The van der Waals surface area contributed by atoms with Crippen molar-refractivity contribution >= 4 is 5.57 Å². The molecule has 2 aromatic carbocycles. The number of fused-ring (bicyclic) bond motifs is 1. The SMILES string of the molecule is CCCCCC1CCC(c2ccc(C3=CCc4cc(C#N)c(F)cc4C3)cc2)CC1. The average Bonchev–Trinajstić information content (AvgIpc) is 2.79. The third kappa shape index (κ3) is 4.67. The van der Waals surface area contributed by atoms with Crippen LogP contribution in [-0.4, -0.2) is 0 Å². The summed E-state index contributed by atoms with van der Waals surface area (Å²) in [5.74, 6) is 1.25. The van der Waals surface area contributed by atoms with Crippen molar-refractivity contribution in [2.45, 2.75) is 77.0 Å². The molecule has 0 amide bonds. The monoisotopic (exact) mass is 401 g/mol. The Hall–Kier alpha value is -2.40. The van der Waals surface area contributed by atoms with Gasteiger partial charge in [-0.3, -0.25) is 0 Å². The number of benzene rings is 2. The molecule has 0 atom stereocenters. The van der Waals surface area contributed by atoms with E-state index >= 15 is 0 Å². The maximum atomic E-state index is 14.0. The highest BCUT2D eigenvalue weighted by Gasteiger charge is 2.22. The first-order chi connectivity index (χ1) is 14.7. The molecule has 1 fully saturated rings. The van der Waals surface area contributed by atoms with Crippen molar-refractivity contribution in [1.29, 1.82) is 5.26 Å². The molecular formula is C28H32FN. The lowest BCUT2D eigenvalue weighted by Gasteiger charge is -2.29. The standard InChI is InChI=1S/C28H32FN/c1-2-3-4-5-20-6-8-21(9-7-20)22-10-12-23(13-11-22)24-14-15-25-17-27(19-30)28(29)18-26(25)16-24/h10-14,17-18,20-21H,2-9,15-16H2,1H3. The summed E-state index contributed by atoms with van der Waals surface area (Å²) < 4.78 is 14.0. The molecular weight excluding hydrogens is 369 g/mol. The fourth-order valence-corrected chi connectivity index (χ4v) is 5.27. The minimum Gasteiger partial charge on any atom is -0.206 e. The molecule has 30 heavy (non-hydrogen) atoms. The largest absolute Gasteiger partial charge is 0.206 e. The Bertz CT molecular complexity index is 940. The van der Waals surface area contributed by atoms with Crippen molar-refractivity contribution < 1.29 is 4.39 Å². The van der Waals surface area contributed by atoms with Crippen LogP contribution in [0.25, 0.3) is 5.57 Å². The average molecular weight is 402 g/mol. The third-order valence-electron chi connectivity index (χ3n) is 7.17. The second kappa shape index (κ2) is 9.61. The molecule has 0 N–H and O–H groups in total. The predicted octanol–water partition coefficient (Wildman–Crippen LogP) is 7.73. The van der Waals surface area contributed by atoms with Gasteiger partial charge in [0.05, 0.1) is 5.56 Å². The molecule has 4 rings (SSSR count). The maximum Gasteiger partial charge on any atom is 0.141 e. The first-order valence-corrected chi connectivity index (χ1v) is 11.7. The van der Waals surface area contributed by atoms with Gasteiger partial charge in [-0.1, -0.05) is 62.9 Å². The van der Waals surface area contributed by atoms with Crippen molar-refractivity contribution in [3.8, 4) is 6.07 Å². The Kier molecular flexibility index (Phi) is 6.68. The molecule has 1 nitrogen and oxygen atoms in total. The highest BCUT2D eigenvalue weighted by Crippen LogP contribution is 2.38. The van der Waals surface area contributed by atoms with Crippen molar-refractivity contribution in [2.24, 2.45) is 5.92 Å². The van der Waals surface area contributed by atoms with Gasteiger partial charge in [0.15, 0.2) is 0 Å². The molecule has 2 aliphatic rings. The van der Waals surface area contributed by atoms with Crippen LogP contribution in [-0.2, 0) is 12.8 Å². The number of nitrogens with zero attached hydrogens (tertiary/aromatic N) is 1. The summed E-state index contributed by atoms with van der Waals surface area (Å²) in [6, 6.07) is 14.3. The predicted molar refractivity (Wildman–Crippen MR) is 122 cm³/mol. The molecule has 2 aliphatic carbocycles. The van der Waals surface area contributed by atoms with Gasteiger partial charge in [0.1, 0.15) is 11.9 Å². The van der Waals surface area contributed by atoms with Crippen LogP contribution in [0.1, 0.15) is 92.0 Å². The van der Waals surface area contributed by atoms with E-state index in [1.807, 2.05) is 6.07 Å². The van der Waals surface area contributed by atoms with Crippen molar-refractivity contribution in [3.05, 3.63) is 76.1 Å². The lowest BCUT2D eigenvalue weighted by atomic mass is 9.76. The molecule has 0 spiro atoms. The van der Waals surface area contributed by atoms with Gasteiger partial charge in [-0.15, -0.1) is 0 Å². The van der Waals surface area contributed by atoms with Crippen LogP contribution in [0.5, 0.6) is 0 Å². The van der Waals surface area contributed by atoms with Gasteiger partial charge < -0.3 is 0 Å². The van der Waals surface area contributed by atoms with E-state index in [4.69, 9.17) is 5.26 Å². The van der Waals surface area contributed by atoms with Crippen molar-refractivity contribution in [2.75, 3.05) is 0 Å². The Morgan fingerprint density at radius 1 is 1.00 bits per heavy atom. The minimum absolute atomic E-state index is 0.148. The molecule has 1 saturated carbocycles.